The van der Waals surface area contributed by atoms with Gasteiger partial charge in [-0.1, -0.05) is 22.0 Å². The van der Waals surface area contributed by atoms with Gasteiger partial charge in [0.2, 0.25) is 5.91 Å². The van der Waals surface area contributed by atoms with E-state index in [0.717, 1.165) is 4.47 Å². The van der Waals surface area contributed by atoms with Gasteiger partial charge < -0.3 is 15.7 Å². The summed E-state index contributed by atoms with van der Waals surface area (Å²) >= 11 is 3.29. The summed E-state index contributed by atoms with van der Waals surface area (Å²) in [6.45, 7) is 0. The van der Waals surface area contributed by atoms with Crippen LogP contribution in [-0.2, 0) is 9.59 Å². The quantitative estimate of drug-likeness (QED) is 0.875. The number of rotatable bonds is 4. The van der Waals surface area contributed by atoms with Crippen molar-refractivity contribution in [2.45, 2.75) is 12.5 Å². The number of halogens is 1. The molecule has 0 saturated carbocycles. The number of aliphatic carboxylic acids is 1. The first-order valence-corrected chi connectivity index (χ1v) is 5.71. The molecular formula is C11H13BrN2O3. The second kappa shape index (κ2) is 5.79. The van der Waals surface area contributed by atoms with Crippen LogP contribution < -0.4 is 10.6 Å². The highest BCUT2D eigenvalue weighted by molar-refractivity contribution is 9.10. The van der Waals surface area contributed by atoms with Crippen molar-refractivity contribution in [2.75, 3.05) is 11.9 Å². The van der Waals surface area contributed by atoms with Gasteiger partial charge >= 0.3 is 5.97 Å². The van der Waals surface area contributed by atoms with E-state index in [1.807, 2.05) is 6.07 Å². The van der Waals surface area contributed by atoms with E-state index in [1.165, 1.54) is 4.90 Å². The molecule has 1 rings (SSSR count). The number of carboxylic acids is 1. The fraction of sp³-hybridized carbons (Fsp3) is 0.273. The molecule has 92 valence electrons. The molecule has 0 radical (unpaired) electrons. The number of nitrogens with zero attached hydrogens (tertiary/aromatic N) is 1. The Morgan fingerprint density at radius 2 is 2.18 bits per heavy atom. The van der Waals surface area contributed by atoms with Gasteiger partial charge in [0, 0.05) is 17.2 Å². The van der Waals surface area contributed by atoms with E-state index < -0.39 is 17.9 Å². The molecule has 0 fully saturated rings. The number of hydrogen-bond acceptors (Lipinski definition) is 3. The van der Waals surface area contributed by atoms with E-state index in [-0.39, 0.29) is 6.42 Å². The number of carbonyl (C=O) groups is 2. The first-order chi connectivity index (χ1) is 7.91. The number of amides is 1. The van der Waals surface area contributed by atoms with Crippen LogP contribution in [0.25, 0.3) is 0 Å². The normalized spacial score (nSPS) is 11.9. The Morgan fingerprint density at radius 1 is 1.53 bits per heavy atom. The Kier molecular flexibility index (Phi) is 4.65. The van der Waals surface area contributed by atoms with Crippen molar-refractivity contribution in [3.63, 3.8) is 0 Å². The Balaban J connectivity index is 2.79. The summed E-state index contributed by atoms with van der Waals surface area (Å²) in [5.41, 5.74) is 6.17. The maximum atomic E-state index is 11.8. The van der Waals surface area contributed by atoms with Crippen LogP contribution in [0.3, 0.4) is 0 Å². The lowest BCUT2D eigenvalue weighted by Crippen LogP contribution is -2.43. The maximum Gasteiger partial charge on any atom is 0.305 e. The number of anilines is 1. The molecule has 3 N–H and O–H groups in total. The molecule has 0 spiro atoms. The number of carboxylic acid groups (broad SMARTS) is 1. The van der Waals surface area contributed by atoms with Crippen LogP contribution in [0.4, 0.5) is 5.69 Å². The number of likely N-dealkylation sites (N-methyl/N-ethyl adjacent to an activating group) is 1. The maximum absolute atomic E-state index is 11.8. The predicted octanol–water partition coefficient (Wildman–Crippen LogP) is 1.21. The monoisotopic (exact) mass is 300 g/mol. The molecule has 1 aromatic rings. The van der Waals surface area contributed by atoms with Crippen LogP contribution in [0, 0.1) is 0 Å². The molecule has 5 nitrogen and oxygen atoms in total. The highest BCUT2D eigenvalue weighted by atomic mass is 79.9. The third kappa shape index (κ3) is 3.83. The molecule has 17 heavy (non-hydrogen) atoms. The summed E-state index contributed by atoms with van der Waals surface area (Å²) < 4.78 is 0.835. The summed E-state index contributed by atoms with van der Waals surface area (Å²) in [7, 11) is 1.56. The third-order valence-electron chi connectivity index (χ3n) is 2.24. The Labute approximate surface area is 107 Å². The molecule has 6 heteroatoms. The van der Waals surface area contributed by atoms with Gasteiger partial charge in [0.25, 0.3) is 0 Å². The van der Waals surface area contributed by atoms with Crippen LogP contribution in [0.5, 0.6) is 0 Å². The zero-order valence-electron chi connectivity index (χ0n) is 9.26. The molecule has 1 atom stereocenters. The molecule has 0 aliphatic rings. The minimum atomic E-state index is -1.09. The van der Waals surface area contributed by atoms with E-state index in [4.69, 9.17) is 10.8 Å². The van der Waals surface area contributed by atoms with Gasteiger partial charge in [-0.05, 0) is 18.2 Å². The van der Waals surface area contributed by atoms with Crippen LogP contribution in [0.15, 0.2) is 28.7 Å². The summed E-state index contributed by atoms with van der Waals surface area (Å²) in [5.74, 6) is -1.51. The lowest BCUT2D eigenvalue weighted by atomic mass is 10.2. The zero-order valence-corrected chi connectivity index (χ0v) is 10.8. The summed E-state index contributed by atoms with van der Waals surface area (Å²) in [6, 6.07) is 6.09. The van der Waals surface area contributed by atoms with Crippen molar-refractivity contribution >= 4 is 33.5 Å². The Morgan fingerprint density at radius 3 is 2.71 bits per heavy atom. The lowest BCUT2D eigenvalue weighted by Gasteiger charge is -2.20. The Bertz CT molecular complexity index is 436. The van der Waals surface area contributed by atoms with Gasteiger partial charge in [-0.2, -0.15) is 0 Å². The number of nitrogens with two attached hydrogens (primary N) is 1. The topological polar surface area (TPSA) is 83.6 Å². The summed E-state index contributed by atoms with van der Waals surface area (Å²) in [6.07, 6.45) is -0.378. The van der Waals surface area contributed by atoms with Gasteiger partial charge in [-0.15, -0.1) is 0 Å². The molecule has 1 unspecified atom stereocenters. The van der Waals surface area contributed by atoms with Crippen molar-refractivity contribution < 1.29 is 14.7 Å². The van der Waals surface area contributed by atoms with Gasteiger partial charge in [0.05, 0.1) is 12.5 Å². The number of benzene rings is 1. The molecule has 0 saturated heterocycles. The molecule has 1 amide bonds. The molecule has 0 aliphatic carbocycles. The molecule has 0 heterocycles. The molecule has 0 aromatic heterocycles. The molecular weight excluding hydrogens is 288 g/mol. The van der Waals surface area contributed by atoms with Crippen molar-refractivity contribution in [2.24, 2.45) is 5.73 Å². The van der Waals surface area contributed by atoms with E-state index in [0.29, 0.717) is 5.69 Å². The average Bonchev–Trinajstić information content (AvgIpc) is 2.26. The fourth-order valence-corrected chi connectivity index (χ4v) is 1.72. The predicted molar refractivity (Wildman–Crippen MR) is 67.8 cm³/mol. The van der Waals surface area contributed by atoms with Gasteiger partial charge in [0.15, 0.2) is 0 Å². The van der Waals surface area contributed by atoms with Crippen LogP contribution in [0.2, 0.25) is 0 Å². The van der Waals surface area contributed by atoms with Crippen molar-refractivity contribution in [1.29, 1.82) is 0 Å². The summed E-state index contributed by atoms with van der Waals surface area (Å²) in [4.78, 5) is 23.6. The smallest absolute Gasteiger partial charge is 0.305 e. The van der Waals surface area contributed by atoms with Gasteiger partial charge in [-0.25, -0.2) is 0 Å². The van der Waals surface area contributed by atoms with E-state index in [9.17, 15) is 9.59 Å². The van der Waals surface area contributed by atoms with E-state index in [2.05, 4.69) is 15.9 Å². The lowest BCUT2D eigenvalue weighted by molar-refractivity contribution is -0.139. The zero-order chi connectivity index (χ0) is 13.0. The second-order valence-electron chi connectivity index (χ2n) is 3.58. The standard InChI is InChI=1S/C11H13BrN2O3/c1-14(8-4-2-3-7(12)5-8)11(17)9(13)6-10(15)16/h2-5,9H,6,13H2,1H3,(H,15,16). The van der Waals surface area contributed by atoms with Gasteiger partial charge in [-0.3, -0.25) is 9.59 Å². The summed E-state index contributed by atoms with van der Waals surface area (Å²) in [5, 5.41) is 8.57. The van der Waals surface area contributed by atoms with Gasteiger partial charge in [0.1, 0.15) is 0 Å². The largest absolute Gasteiger partial charge is 0.481 e. The number of carbonyl (C=O) groups excluding carboxylic acids is 1. The molecule has 0 bridgehead atoms. The van der Waals surface area contributed by atoms with Crippen LogP contribution >= 0.6 is 15.9 Å². The number of hydrogen-bond donors (Lipinski definition) is 2. The van der Waals surface area contributed by atoms with E-state index in [1.54, 1.807) is 25.2 Å². The minimum absolute atomic E-state index is 0.378. The highest BCUT2D eigenvalue weighted by Gasteiger charge is 2.21. The minimum Gasteiger partial charge on any atom is -0.481 e. The third-order valence-corrected chi connectivity index (χ3v) is 2.73. The average molecular weight is 301 g/mol. The van der Waals surface area contributed by atoms with Crippen molar-refractivity contribution in [1.82, 2.24) is 0 Å². The van der Waals surface area contributed by atoms with Crippen molar-refractivity contribution in [3.05, 3.63) is 28.7 Å². The van der Waals surface area contributed by atoms with Crippen molar-refractivity contribution in [3.8, 4) is 0 Å². The van der Waals surface area contributed by atoms with E-state index >= 15 is 0 Å². The SMILES string of the molecule is CN(C(=O)C(N)CC(=O)O)c1cccc(Br)c1. The molecule has 0 aliphatic heterocycles. The van der Waals surface area contributed by atoms with Crippen LogP contribution in [0.1, 0.15) is 6.42 Å². The second-order valence-corrected chi connectivity index (χ2v) is 4.50. The first-order valence-electron chi connectivity index (χ1n) is 4.92. The highest BCUT2D eigenvalue weighted by Crippen LogP contribution is 2.19. The Hall–Kier alpha value is -1.40. The van der Waals surface area contributed by atoms with Crippen LogP contribution in [-0.4, -0.2) is 30.1 Å². The fourth-order valence-electron chi connectivity index (χ4n) is 1.34. The molecule has 1 aromatic carbocycles. The first kappa shape index (κ1) is 13.7.